The highest BCUT2D eigenvalue weighted by Gasteiger charge is 2.25. The first-order valence-electron chi connectivity index (χ1n) is 5.74. The number of nitrogens with zero attached hydrogens (tertiary/aromatic N) is 1. The average molecular weight is 231 g/mol. The summed E-state index contributed by atoms with van der Waals surface area (Å²) in [4.78, 5) is 12.4. The lowest BCUT2D eigenvalue weighted by Gasteiger charge is -2.23. The van der Waals surface area contributed by atoms with Crippen molar-refractivity contribution >= 4 is 5.97 Å². The molecule has 0 aromatic rings. The zero-order chi connectivity index (χ0) is 12.2. The van der Waals surface area contributed by atoms with Crippen LogP contribution in [0.2, 0.25) is 0 Å². The monoisotopic (exact) mass is 231 g/mol. The fraction of sp³-hybridized carbons (Fsp3) is 0.909. The lowest BCUT2D eigenvalue weighted by molar-refractivity contribution is -0.139. The molecule has 1 rings (SSSR count). The SMILES string of the molecule is CC1(O)CCCN(CC(O)CC(=O)O)CC1. The molecule has 0 aliphatic carbocycles. The van der Waals surface area contributed by atoms with E-state index in [9.17, 15) is 15.0 Å². The van der Waals surface area contributed by atoms with E-state index in [1.165, 1.54) is 0 Å². The fourth-order valence-electron chi connectivity index (χ4n) is 2.07. The van der Waals surface area contributed by atoms with E-state index >= 15 is 0 Å². The number of carbonyl (C=O) groups is 1. The molecule has 2 unspecified atom stereocenters. The predicted molar refractivity (Wildman–Crippen MR) is 59.2 cm³/mol. The van der Waals surface area contributed by atoms with Crippen molar-refractivity contribution in [2.24, 2.45) is 0 Å². The first-order valence-corrected chi connectivity index (χ1v) is 5.74. The minimum atomic E-state index is -0.977. The van der Waals surface area contributed by atoms with Crippen LogP contribution in [-0.4, -0.2) is 57.5 Å². The molecule has 5 heteroatoms. The number of β-amino-alcohol motifs (C(OH)–C–C–N with tert-alkyl or cyclic N) is 1. The third-order valence-corrected chi connectivity index (χ3v) is 3.04. The Morgan fingerprint density at radius 1 is 1.44 bits per heavy atom. The molecule has 3 N–H and O–H groups in total. The summed E-state index contributed by atoms with van der Waals surface area (Å²) in [6.07, 6.45) is 1.28. The van der Waals surface area contributed by atoms with E-state index in [-0.39, 0.29) is 6.42 Å². The van der Waals surface area contributed by atoms with E-state index < -0.39 is 17.7 Å². The zero-order valence-corrected chi connectivity index (χ0v) is 9.72. The van der Waals surface area contributed by atoms with Crippen LogP contribution in [-0.2, 0) is 4.79 Å². The Balaban J connectivity index is 2.35. The minimum Gasteiger partial charge on any atom is -0.481 e. The minimum absolute atomic E-state index is 0.215. The van der Waals surface area contributed by atoms with E-state index in [4.69, 9.17) is 5.11 Å². The van der Waals surface area contributed by atoms with E-state index in [0.29, 0.717) is 19.5 Å². The lowest BCUT2D eigenvalue weighted by Crippen LogP contribution is -2.35. The summed E-state index contributed by atoms with van der Waals surface area (Å²) >= 11 is 0. The Hall–Kier alpha value is -0.650. The summed E-state index contributed by atoms with van der Waals surface area (Å²) in [5, 5.41) is 27.9. The molecule has 0 saturated carbocycles. The maximum absolute atomic E-state index is 10.4. The number of aliphatic hydroxyl groups excluding tert-OH is 1. The second-order valence-electron chi connectivity index (χ2n) is 4.90. The number of hydrogen-bond acceptors (Lipinski definition) is 4. The van der Waals surface area contributed by atoms with Crippen molar-refractivity contribution in [3.8, 4) is 0 Å². The van der Waals surface area contributed by atoms with Gasteiger partial charge in [-0.05, 0) is 32.7 Å². The van der Waals surface area contributed by atoms with Crippen molar-refractivity contribution in [2.75, 3.05) is 19.6 Å². The van der Waals surface area contributed by atoms with E-state index in [1.807, 2.05) is 11.8 Å². The van der Waals surface area contributed by atoms with Crippen LogP contribution in [0.25, 0.3) is 0 Å². The summed E-state index contributed by atoms with van der Waals surface area (Å²) in [5.41, 5.74) is -0.619. The largest absolute Gasteiger partial charge is 0.481 e. The molecule has 1 aliphatic rings. The van der Waals surface area contributed by atoms with Crippen LogP contribution in [0, 0.1) is 0 Å². The fourth-order valence-corrected chi connectivity index (χ4v) is 2.07. The molecule has 0 bridgehead atoms. The number of aliphatic hydroxyl groups is 2. The predicted octanol–water partition coefficient (Wildman–Crippen LogP) is 0.0589. The Morgan fingerprint density at radius 3 is 2.75 bits per heavy atom. The number of aliphatic carboxylic acids is 1. The Bertz CT molecular complexity index is 242. The maximum atomic E-state index is 10.4. The molecule has 0 aromatic heterocycles. The second kappa shape index (κ2) is 5.61. The number of carboxylic acids is 1. The smallest absolute Gasteiger partial charge is 0.306 e. The highest BCUT2D eigenvalue weighted by molar-refractivity contribution is 5.67. The maximum Gasteiger partial charge on any atom is 0.306 e. The summed E-state index contributed by atoms with van der Waals surface area (Å²) in [6.45, 7) is 3.73. The molecule has 16 heavy (non-hydrogen) atoms. The van der Waals surface area contributed by atoms with E-state index in [0.717, 1.165) is 19.4 Å². The molecule has 94 valence electrons. The second-order valence-corrected chi connectivity index (χ2v) is 4.90. The molecule has 1 heterocycles. The van der Waals surface area contributed by atoms with Gasteiger partial charge in [0.1, 0.15) is 0 Å². The Labute approximate surface area is 95.7 Å². The van der Waals surface area contributed by atoms with Crippen LogP contribution in [0.5, 0.6) is 0 Å². The van der Waals surface area contributed by atoms with Crippen molar-refractivity contribution < 1.29 is 20.1 Å². The first-order chi connectivity index (χ1) is 7.39. The van der Waals surface area contributed by atoms with E-state index in [1.54, 1.807) is 0 Å². The highest BCUT2D eigenvalue weighted by atomic mass is 16.4. The molecule has 0 spiro atoms. The molecule has 1 fully saturated rings. The lowest BCUT2D eigenvalue weighted by atomic mass is 9.98. The van der Waals surface area contributed by atoms with Gasteiger partial charge in [0.05, 0.1) is 18.1 Å². The third kappa shape index (κ3) is 4.92. The van der Waals surface area contributed by atoms with Gasteiger partial charge in [-0.2, -0.15) is 0 Å². The van der Waals surface area contributed by atoms with Gasteiger partial charge >= 0.3 is 5.97 Å². The molecule has 0 aromatic carbocycles. The summed E-state index contributed by atoms with van der Waals surface area (Å²) < 4.78 is 0. The molecule has 1 saturated heterocycles. The molecular formula is C11H21NO4. The van der Waals surface area contributed by atoms with E-state index in [2.05, 4.69) is 0 Å². The average Bonchev–Trinajstić information content (AvgIpc) is 2.26. The van der Waals surface area contributed by atoms with Crippen LogP contribution in [0.3, 0.4) is 0 Å². The third-order valence-electron chi connectivity index (χ3n) is 3.04. The van der Waals surface area contributed by atoms with Crippen LogP contribution in [0.4, 0.5) is 0 Å². The normalized spacial score (nSPS) is 29.7. The van der Waals surface area contributed by atoms with Crippen molar-refractivity contribution in [1.82, 2.24) is 4.90 Å². The van der Waals surface area contributed by atoms with Gasteiger partial charge in [0.25, 0.3) is 0 Å². The summed E-state index contributed by atoms with van der Waals surface area (Å²) in [5.74, 6) is -0.977. The van der Waals surface area contributed by atoms with Crippen LogP contribution in [0.15, 0.2) is 0 Å². The van der Waals surface area contributed by atoms with Crippen LogP contribution < -0.4 is 0 Å². The standard InChI is InChI=1S/C11H21NO4/c1-11(16)3-2-5-12(6-4-11)8-9(13)7-10(14)15/h9,13,16H,2-8H2,1H3,(H,14,15). The van der Waals surface area contributed by atoms with Gasteiger partial charge in [-0.25, -0.2) is 0 Å². The number of hydrogen-bond donors (Lipinski definition) is 3. The number of rotatable bonds is 4. The van der Waals surface area contributed by atoms with Crippen molar-refractivity contribution in [1.29, 1.82) is 0 Å². The van der Waals surface area contributed by atoms with Crippen LogP contribution in [0.1, 0.15) is 32.6 Å². The van der Waals surface area contributed by atoms with Gasteiger partial charge in [0.2, 0.25) is 0 Å². The quantitative estimate of drug-likeness (QED) is 0.637. The molecule has 0 radical (unpaired) electrons. The topological polar surface area (TPSA) is 81.0 Å². The number of carboxylic acid groups (broad SMARTS) is 1. The van der Waals surface area contributed by atoms with Gasteiger partial charge in [-0.15, -0.1) is 0 Å². The van der Waals surface area contributed by atoms with Gasteiger partial charge in [-0.3, -0.25) is 4.79 Å². The highest BCUT2D eigenvalue weighted by Crippen LogP contribution is 2.21. The van der Waals surface area contributed by atoms with Crippen molar-refractivity contribution in [3.63, 3.8) is 0 Å². The zero-order valence-electron chi connectivity index (χ0n) is 9.72. The first kappa shape index (κ1) is 13.4. The van der Waals surface area contributed by atoms with Gasteiger partial charge < -0.3 is 20.2 Å². The van der Waals surface area contributed by atoms with Crippen molar-refractivity contribution in [2.45, 2.75) is 44.3 Å². The Kier molecular flexibility index (Phi) is 4.70. The molecule has 5 nitrogen and oxygen atoms in total. The summed E-state index contributed by atoms with van der Waals surface area (Å²) in [7, 11) is 0. The molecule has 2 atom stereocenters. The Morgan fingerprint density at radius 2 is 2.12 bits per heavy atom. The summed E-state index contributed by atoms with van der Waals surface area (Å²) in [6, 6.07) is 0. The van der Waals surface area contributed by atoms with Crippen LogP contribution >= 0.6 is 0 Å². The van der Waals surface area contributed by atoms with Gasteiger partial charge in [-0.1, -0.05) is 0 Å². The van der Waals surface area contributed by atoms with Gasteiger partial charge in [0, 0.05) is 13.1 Å². The molecule has 1 aliphatic heterocycles. The van der Waals surface area contributed by atoms with Gasteiger partial charge in [0.15, 0.2) is 0 Å². The molecule has 0 amide bonds. The number of likely N-dealkylation sites (tertiary alicyclic amines) is 1. The molecular weight excluding hydrogens is 210 g/mol. The van der Waals surface area contributed by atoms with Crippen molar-refractivity contribution in [3.05, 3.63) is 0 Å².